The van der Waals surface area contributed by atoms with E-state index < -0.39 is 0 Å². The first-order chi connectivity index (χ1) is 4.93. The normalized spacial score (nSPS) is 8.30. The van der Waals surface area contributed by atoms with Gasteiger partial charge in [0.1, 0.15) is 11.8 Å². The fraction of sp³-hybridized carbons (Fsp3) is 0.143. The lowest BCUT2D eigenvalue weighted by Crippen LogP contribution is -1.92. The lowest BCUT2D eigenvalue weighted by atomic mass is 10.5. The second-order valence-corrected chi connectivity index (χ2v) is 1.64. The van der Waals surface area contributed by atoms with Crippen LogP contribution in [0.15, 0.2) is 24.5 Å². The molecule has 0 aliphatic heterocycles. The van der Waals surface area contributed by atoms with Gasteiger partial charge in [-0.05, 0) is 12.1 Å². The highest BCUT2D eigenvalue weighted by atomic mass is 16.5. The largest absolute Gasteiger partial charge is 0.477 e. The van der Waals surface area contributed by atoms with Crippen molar-refractivity contribution in [1.29, 1.82) is 5.26 Å². The second-order valence-electron chi connectivity index (χ2n) is 1.64. The third-order valence-corrected chi connectivity index (χ3v) is 0.938. The predicted octanol–water partition coefficient (Wildman–Crippen LogP) is 0.984. The molecule has 3 heteroatoms. The van der Waals surface area contributed by atoms with E-state index in [0.717, 1.165) is 0 Å². The van der Waals surface area contributed by atoms with Gasteiger partial charge in [0.25, 0.3) is 0 Å². The highest BCUT2D eigenvalue weighted by Crippen LogP contribution is 2.04. The van der Waals surface area contributed by atoms with Gasteiger partial charge in [0.05, 0.1) is 6.20 Å². The molecule has 0 aliphatic rings. The maximum Gasteiger partial charge on any atom is 0.174 e. The van der Waals surface area contributed by atoms with Gasteiger partial charge in [0, 0.05) is 6.20 Å². The molecule has 0 atom stereocenters. The van der Waals surface area contributed by atoms with Crippen LogP contribution in [0.25, 0.3) is 0 Å². The molecular formula is C7H6N2O. The molecule has 1 rings (SSSR count). The van der Waals surface area contributed by atoms with E-state index >= 15 is 0 Å². The van der Waals surface area contributed by atoms with E-state index in [1.807, 2.05) is 6.07 Å². The molecule has 1 aromatic heterocycles. The van der Waals surface area contributed by atoms with Gasteiger partial charge in [-0.15, -0.1) is 0 Å². The summed E-state index contributed by atoms with van der Waals surface area (Å²) in [7, 11) is 0. The van der Waals surface area contributed by atoms with Crippen LogP contribution in [-0.4, -0.2) is 11.6 Å². The Morgan fingerprint density at radius 2 is 2.60 bits per heavy atom. The Balaban J connectivity index is 2.52. The molecular weight excluding hydrogens is 128 g/mol. The molecule has 0 bridgehead atoms. The number of pyridine rings is 1. The van der Waals surface area contributed by atoms with E-state index in [9.17, 15) is 0 Å². The molecule has 3 nitrogen and oxygen atoms in total. The first kappa shape index (κ1) is 6.56. The minimum Gasteiger partial charge on any atom is -0.477 e. The Morgan fingerprint density at radius 1 is 1.70 bits per heavy atom. The van der Waals surface area contributed by atoms with E-state index in [2.05, 4.69) is 4.98 Å². The average Bonchev–Trinajstić information content (AvgIpc) is 2.03. The van der Waals surface area contributed by atoms with E-state index in [4.69, 9.17) is 10.00 Å². The third kappa shape index (κ3) is 1.75. The van der Waals surface area contributed by atoms with Crippen LogP contribution in [0.4, 0.5) is 0 Å². The minimum absolute atomic E-state index is 0.0751. The van der Waals surface area contributed by atoms with Crippen LogP contribution in [0.3, 0.4) is 0 Å². The highest BCUT2D eigenvalue weighted by Gasteiger charge is 1.87. The SMILES string of the molecule is N#CCOc1cccnc1. The van der Waals surface area contributed by atoms with Crippen molar-refractivity contribution in [2.45, 2.75) is 0 Å². The van der Waals surface area contributed by atoms with Crippen molar-refractivity contribution in [2.75, 3.05) is 6.61 Å². The van der Waals surface area contributed by atoms with Crippen LogP contribution < -0.4 is 4.74 Å². The van der Waals surface area contributed by atoms with Crippen molar-refractivity contribution >= 4 is 0 Å². The van der Waals surface area contributed by atoms with Gasteiger partial charge >= 0.3 is 0 Å². The van der Waals surface area contributed by atoms with Gasteiger partial charge < -0.3 is 4.74 Å². The number of aromatic nitrogens is 1. The summed E-state index contributed by atoms with van der Waals surface area (Å²) in [6.07, 6.45) is 3.22. The fourth-order valence-corrected chi connectivity index (χ4v) is 0.548. The third-order valence-electron chi connectivity index (χ3n) is 0.938. The van der Waals surface area contributed by atoms with E-state index in [1.54, 1.807) is 24.5 Å². The van der Waals surface area contributed by atoms with E-state index in [-0.39, 0.29) is 6.61 Å². The Kier molecular flexibility index (Phi) is 2.27. The molecule has 0 N–H and O–H groups in total. The van der Waals surface area contributed by atoms with Gasteiger partial charge in [-0.25, -0.2) is 0 Å². The summed E-state index contributed by atoms with van der Waals surface area (Å²) >= 11 is 0. The molecule has 1 heterocycles. The summed E-state index contributed by atoms with van der Waals surface area (Å²) in [5.41, 5.74) is 0. The minimum atomic E-state index is 0.0751. The molecule has 50 valence electrons. The molecule has 0 saturated carbocycles. The monoisotopic (exact) mass is 134 g/mol. The number of hydrogen-bond donors (Lipinski definition) is 0. The predicted molar refractivity (Wildman–Crippen MR) is 35.3 cm³/mol. The summed E-state index contributed by atoms with van der Waals surface area (Å²) in [5, 5.41) is 8.13. The van der Waals surface area contributed by atoms with Crippen molar-refractivity contribution < 1.29 is 4.74 Å². The Morgan fingerprint density at radius 3 is 3.20 bits per heavy atom. The summed E-state index contributed by atoms with van der Waals surface area (Å²) in [5.74, 6) is 0.629. The van der Waals surface area contributed by atoms with Crippen LogP contribution in [0.5, 0.6) is 5.75 Å². The topological polar surface area (TPSA) is 45.9 Å². The molecule has 0 spiro atoms. The fourth-order valence-electron chi connectivity index (χ4n) is 0.548. The smallest absolute Gasteiger partial charge is 0.174 e. The Hall–Kier alpha value is -1.56. The van der Waals surface area contributed by atoms with E-state index in [0.29, 0.717) is 5.75 Å². The molecule has 0 saturated heterocycles. The zero-order valence-corrected chi connectivity index (χ0v) is 5.32. The van der Waals surface area contributed by atoms with Crippen LogP contribution in [-0.2, 0) is 0 Å². The lowest BCUT2D eigenvalue weighted by molar-refractivity contribution is 0.366. The molecule has 0 unspecified atom stereocenters. The standard InChI is InChI=1S/C7H6N2O/c8-3-5-10-7-2-1-4-9-6-7/h1-2,4,6H,5H2. The van der Waals surface area contributed by atoms with Crippen LogP contribution in [0, 0.1) is 11.3 Å². The van der Waals surface area contributed by atoms with Crippen LogP contribution >= 0.6 is 0 Å². The van der Waals surface area contributed by atoms with Crippen molar-refractivity contribution in [3.63, 3.8) is 0 Å². The average molecular weight is 134 g/mol. The molecule has 0 radical (unpaired) electrons. The number of ether oxygens (including phenoxy) is 1. The maximum absolute atomic E-state index is 8.13. The lowest BCUT2D eigenvalue weighted by Gasteiger charge is -1.96. The highest BCUT2D eigenvalue weighted by molar-refractivity contribution is 5.15. The van der Waals surface area contributed by atoms with Gasteiger partial charge in [0.15, 0.2) is 6.61 Å². The Bertz CT molecular complexity index is 227. The summed E-state index contributed by atoms with van der Waals surface area (Å²) in [6.45, 7) is 0.0751. The number of nitrogens with zero attached hydrogens (tertiary/aromatic N) is 2. The summed E-state index contributed by atoms with van der Waals surface area (Å²) in [6, 6.07) is 5.38. The zero-order chi connectivity index (χ0) is 7.23. The molecule has 10 heavy (non-hydrogen) atoms. The van der Waals surface area contributed by atoms with Crippen molar-refractivity contribution in [2.24, 2.45) is 0 Å². The van der Waals surface area contributed by atoms with Gasteiger partial charge in [0.2, 0.25) is 0 Å². The second kappa shape index (κ2) is 3.46. The number of nitriles is 1. The molecule has 0 fully saturated rings. The quantitative estimate of drug-likeness (QED) is 0.605. The molecule has 0 amide bonds. The van der Waals surface area contributed by atoms with Gasteiger partial charge in [-0.1, -0.05) is 0 Å². The van der Waals surface area contributed by atoms with Crippen LogP contribution in [0.1, 0.15) is 0 Å². The van der Waals surface area contributed by atoms with Crippen molar-refractivity contribution in [1.82, 2.24) is 4.98 Å². The molecule has 1 aromatic rings. The first-order valence-electron chi connectivity index (χ1n) is 2.83. The van der Waals surface area contributed by atoms with Gasteiger partial charge in [-0.3, -0.25) is 4.98 Å². The molecule has 0 aliphatic carbocycles. The summed E-state index contributed by atoms with van der Waals surface area (Å²) < 4.78 is 4.93. The van der Waals surface area contributed by atoms with Crippen molar-refractivity contribution in [3.05, 3.63) is 24.5 Å². The van der Waals surface area contributed by atoms with Crippen molar-refractivity contribution in [3.8, 4) is 11.8 Å². The van der Waals surface area contributed by atoms with Gasteiger partial charge in [-0.2, -0.15) is 5.26 Å². The van der Waals surface area contributed by atoms with E-state index in [1.165, 1.54) is 0 Å². The zero-order valence-electron chi connectivity index (χ0n) is 5.32. The Labute approximate surface area is 58.9 Å². The maximum atomic E-state index is 8.13. The van der Waals surface area contributed by atoms with Crippen LogP contribution in [0.2, 0.25) is 0 Å². The molecule has 0 aromatic carbocycles. The number of rotatable bonds is 2. The number of hydrogen-bond acceptors (Lipinski definition) is 3. The first-order valence-corrected chi connectivity index (χ1v) is 2.83. The summed E-state index contributed by atoms with van der Waals surface area (Å²) in [4.78, 5) is 3.80.